The molecule has 150 valence electrons. The van der Waals surface area contributed by atoms with Crippen LogP contribution in [0, 0.1) is 0 Å². The van der Waals surface area contributed by atoms with Crippen molar-refractivity contribution in [2.45, 2.75) is 12.6 Å². The molecule has 0 radical (unpaired) electrons. The van der Waals surface area contributed by atoms with Gasteiger partial charge in [0, 0.05) is 12.7 Å². The van der Waals surface area contributed by atoms with E-state index in [-0.39, 0.29) is 17.8 Å². The summed E-state index contributed by atoms with van der Waals surface area (Å²) in [4.78, 5) is 24.8. The summed E-state index contributed by atoms with van der Waals surface area (Å²) in [5.41, 5.74) is 1.50. The van der Waals surface area contributed by atoms with E-state index in [1.54, 1.807) is 49.7 Å². The molecule has 1 atom stereocenters. The van der Waals surface area contributed by atoms with E-state index >= 15 is 0 Å². The van der Waals surface area contributed by atoms with Crippen molar-refractivity contribution in [3.05, 3.63) is 94.4 Å². The van der Waals surface area contributed by atoms with E-state index in [2.05, 4.69) is 10.6 Å². The van der Waals surface area contributed by atoms with E-state index in [0.29, 0.717) is 17.9 Å². The Kier molecular flexibility index (Phi) is 6.65. The summed E-state index contributed by atoms with van der Waals surface area (Å²) < 4.78 is 6.60. The van der Waals surface area contributed by atoms with Gasteiger partial charge in [0.2, 0.25) is 0 Å². The van der Waals surface area contributed by atoms with E-state index < -0.39 is 12.1 Å². The molecule has 3 aromatic rings. The molecule has 0 aliphatic rings. The highest BCUT2D eigenvalue weighted by atomic mass is 16.5. The number of aliphatic hydroxyl groups is 1. The van der Waals surface area contributed by atoms with Crippen LogP contribution in [0.1, 0.15) is 17.2 Å². The fourth-order valence-corrected chi connectivity index (χ4v) is 2.84. The van der Waals surface area contributed by atoms with Crippen LogP contribution in [0.3, 0.4) is 0 Å². The minimum absolute atomic E-state index is 0.00318. The first-order valence-electron chi connectivity index (χ1n) is 9.17. The molecule has 1 aromatic heterocycles. The quantitative estimate of drug-likeness (QED) is 0.576. The molecule has 0 bridgehead atoms. The third-order valence-electron chi connectivity index (χ3n) is 4.42. The molecule has 0 spiro atoms. The minimum atomic E-state index is -0.878. The number of urea groups is 1. The predicted octanol–water partition coefficient (Wildman–Crippen LogP) is 2.76. The number of nitrogens with zero attached hydrogens (tertiary/aromatic N) is 1. The van der Waals surface area contributed by atoms with Crippen LogP contribution in [0.4, 0.5) is 10.5 Å². The molecule has 0 fully saturated rings. The molecule has 29 heavy (non-hydrogen) atoms. The minimum Gasteiger partial charge on any atom is -0.497 e. The number of rotatable bonds is 7. The van der Waals surface area contributed by atoms with Crippen LogP contribution in [-0.2, 0) is 6.54 Å². The molecular formula is C22H23N3O4. The van der Waals surface area contributed by atoms with Gasteiger partial charge < -0.3 is 25.0 Å². The van der Waals surface area contributed by atoms with Gasteiger partial charge in [0.05, 0.1) is 19.8 Å². The second-order valence-electron chi connectivity index (χ2n) is 6.46. The SMILES string of the molecule is COc1ccc([C@@H](O)CNC(=O)Nc2cccn(Cc3ccccc3)c2=O)cc1. The molecule has 7 nitrogen and oxygen atoms in total. The predicted molar refractivity (Wildman–Crippen MR) is 111 cm³/mol. The average molecular weight is 393 g/mol. The van der Waals surface area contributed by atoms with Gasteiger partial charge in [0.25, 0.3) is 5.56 Å². The molecule has 3 N–H and O–H groups in total. The van der Waals surface area contributed by atoms with E-state index in [0.717, 1.165) is 5.56 Å². The number of hydrogen-bond donors (Lipinski definition) is 3. The van der Waals surface area contributed by atoms with E-state index in [1.807, 2.05) is 30.3 Å². The molecule has 0 saturated heterocycles. The monoisotopic (exact) mass is 393 g/mol. The van der Waals surface area contributed by atoms with Gasteiger partial charge in [-0.25, -0.2) is 4.79 Å². The number of hydrogen-bond acceptors (Lipinski definition) is 4. The van der Waals surface area contributed by atoms with Crippen molar-refractivity contribution in [3.63, 3.8) is 0 Å². The van der Waals surface area contributed by atoms with Crippen LogP contribution < -0.4 is 20.9 Å². The number of amides is 2. The number of methoxy groups -OCH3 is 1. The highest BCUT2D eigenvalue weighted by molar-refractivity contribution is 5.88. The number of carbonyl (C=O) groups excluding carboxylic acids is 1. The Hall–Kier alpha value is -3.58. The van der Waals surface area contributed by atoms with Crippen molar-refractivity contribution in [2.75, 3.05) is 19.0 Å². The van der Waals surface area contributed by atoms with Crippen molar-refractivity contribution in [1.29, 1.82) is 0 Å². The van der Waals surface area contributed by atoms with Crippen LogP contribution in [-0.4, -0.2) is 29.4 Å². The van der Waals surface area contributed by atoms with Crippen molar-refractivity contribution >= 4 is 11.7 Å². The Morgan fingerprint density at radius 1 is 1.07 bits per heavy atom. The summed E-state index contributed by atoms with van der Waals surface area (Å²) in [5, 5.41) is 15.3. The van der Waals surface area contributed by atoms with Gasteiger partial charge in [-0.1, -0.05) is 42.5 Å². The average Bonchev–Trinajstić information content (AvgIpc) is 2.75. The molecular weight excluding hydrogens is 370 g/mol. The van der Waals surface area contributed by atoms with Crippen molar-refractivity contribution < 1.29 is 14.6 Å². The second kappa shape index (κ2) is 9.57. The lowest BCUT2D eigenvalue weighted by Gasteiger charge is -2.14. The van der Waals surface area contributed by atoms with Crippen LogP contribution in [0.25, 0.3) is 0 Å². The third-order valence-corrected chi connectivity index (χ3v) is 4.42. The first-order valence-corrected chi connectivity index (χ1v) is 9.17. The third kappa shape index (κ3) is 5.46. The summed E-state index contributed by atoms with van der Waals surface area (Å²) in [5.74, 6) is 0.683. The number of ether oxygens (including phenoxy) is 1. The number of aromatic nitrogens is 1. The fraction of sp³-hybridized carbons (Fsp3) is 0.182. The first-order chi connectivity index (χ1) is 14.1. The normalized spacial score (nSPS) is 11.5. The van der Waals surface area contributed by atoms with Gasteiger partial charge in [-0.05, 0) is 35.4 Å². The standard InChI is InChI=1S/C22H23N3O4/c1-29-18-11-9-17(10-12-18)20(26)14-23-22(28)24-19-8-5-13-25(21(19)27)15-16-6-3-2-4-7-16/h2-13,20,26H,14-15H2,1H3,(H2,23,24,28)/t20-/m0/s1. The highest BCUT2D eigenvalue weighted by Crippen LogP contribution is 2.17. The van der Waals surface area contributed by atoms with Crippen molar-refractivity contribution in [1.82, 2.24) is 9.88 Å². The largest absolute Gasteiger partial charge is 0.497 e. The first kappa shape index (κ1) is 20.2. The fourth-order valence-electron chi connectivity index (χ4n) is 2.84. The lowest BCUT2D eigenvalue weighted by Crippen LogP contribution is -2.35. The van der Waals surface area contributed by atoms with E-state index in [1.165, 1.54) is 4.57 Å². The van der Waals surface area contributed by atoms with Gasteiger partial charge >= 0.3 is 6.03 Å². The number of anilines is 1. The lowest BCUT2D eigenvalue weighted by atomic mass is 10.1. The summed E-state index contributed by atoms with van der Waals surface area (Å²) in [6.07, 6.45) is 0.795. The lowest BCUT2D eigenvalue weighted by molar-refractivity contribution is 0.175. The molecule has 0 unspecified atom stereocenters. The number of carbonyl (C=O) groups is 1. The van der Waals surface area contributed by atoms with Crippen LogP contribution in [0.5, 0.6) is 5.75 Å². The molecule has 0 saturated carbocycles. The maximum Gasteiger partial charge on any atom is 0.319 e. The zero-order valence-electron chi connectivity index (χ0n) is 16.0. The van der Waals surface area contributed by atoms with Gasteiger partial charge in [0.1, 0.15) is 11.4 Å². The number of benzene rings is 2. The summed E-state index contributed by atoms with van der Waals surface area (Å²) in [7, 11) is 1.56. The van der Waals surface area contributed by atoms with Crippen molar-refractivity contribution in [3.8, 4) is 5.75 Å². The Morgan fingerprint density at radius 3 is 2.48 bits per heavy atom. The Balaban J connectivity index is 1.58. The van der Waals surface area contributed by atoms with Gasteiger partial charge in [-0.2, -0.15) is 0 Å². The Morgan fingerprint density at radius 2 is 1.79 bits per heavy atom. The molecule has 0 aliphatic carbocycles. The van der Waals surface area contributed by atoms with Crippen LogP contribution in [0.15, 0.2) is 77.7 Å². The molecule has 0 aliphatic heterocycles. The van der Waals surface area contributed by atoms with Crippen LogP contribution in [0.2, 0.25) is 0 Å². The number of aliphatic hydroxyl groups excluding tert-OH is 1. The van der Waals surface area contributed by atoms with E-state index in [9.17, 15) is 14.7 Å². The maximum absolute atomic E-state index is 12.6. The smallest absolute Gasteiger partial charge is 0.319 e. The highest BCUT2D eigenvalue weighted by Gasteiger charge is 2.11. The second-order valence-corrected chi connectivity index (χ2v) is 6.46. The zero-order valence-corrected chi connectivity index (χ0v) is 16.0. The van der Waals surface area contributed by atoms with Crippen molar-refractivity contribution in [2.24, 2.45) is 0 Å². The number of pyridine rings is 1. The molecule has 2 aromatic carbocycles. The number of nitrogens with one attached hydrogen (secondary N) is 2. The molecule has 3 rings (SSSR count). The van der Waals surface area contributed by atoms with Gasteiger partial charge in [0.15, 0.2) is 0 Å². The molecule has 1 heterocycles. The molecule has 2 amide bonds. The van der Waals surface area contributed by atoms with Gasteiger partial charge in [-0.15, -0.1) is 0 Å². The summed E-state index contributed by atoms with van der Waals surface area (Å²) >= 11 is 0. The molecule has 7 heteroatoms. The topological polar surface area (TPSA) is 92.6 Å². The summed E-state index contributed by atoms with van der Waals surface area (Å²) in [6, 6.07) is 19.2. The van der Waals surface area contributed by atoms with E-state index in [4.69, 9.17) is 4.74 Å². The Labute approximate surface area is 168 Å². The summed E-state index contributed by atoms with van der Waals surface area (Å²) in [6.45, 7) is 0.413. The maximum atomic E-state index is 12.6. The van der Waals surface area contributed by atoms with Gasteiger partial charge in [-0.3, -0.25) is 4.79 Å². The zero-order chi connectivity index (χ0) is 20.6. The Bertz CT molecular complexity index is 1000. The van der Waals surface area contributed by atoms with Crippen LogP contribution >= 0.6 is 0 Å².